The Hall–Kier alpha value is -2.14. The molecule has 2 heterocycles. The van der Waals surface area contributed by atoms with Gasteiger partial charge < -0.3 is 0 Å². The number of rotatable bonds is 1. The van der Waals surface area contributed by atoms with E-state index in [1.165, 1.54) is 4.57 Å². The molecule has 6 heteroatoms. The molecular formula is C12H9ClN4O. The number of aryl methyl sites for hydroxylation is 1. The predicted molar refractivity (Wildman–Crippen MR) is 69.1 cm³/mol. The predicted octanol–water partition coefficient (Wildman–Crippen LogP) is 1.77. The minimum atomic E-state index is -0.173. The Morgan fingerprint density at radius 3 is 2.78 bits per heavy atom. The van der Waals surface area contributed by atoms with Crippen molar-refractivity contribution < 1.29 is 0 Å². The molecule has 0 spiro atoms. The van der Waals surface area contributed by atoms with Crippen LogP contribution in [-0.4, -0.2) is 19.1 Å². The van der Waals surface area contributed by atoms with E-state index in [0.29, 0.717) is 10.8 Å². The second kappa shape index (κ2) is 3.96. The first-order valence-electron chi connectivity index (χ1n) is 5.32. The molecule has 0 unspecified atom stereocenters. The van der Waals surface area contributed by atoms with Crippen molar-refractivity contribution in [2.45, 2.75) is 0 Å². The summed E-state index contributed by atoms with van der Waals surface area (Å²) in [6.45, 7) is 0. The summed E-state index contributed by atoms with van der Waals surface area (Å²) in [7, 11) is 1.71. The smallest absolute Gasteiger partial charge is 0.295 e. The molecule has 5 nitrogen and oxygen atoms in total. The van der Waals surface area contributed by atoms with Crippen LogP contribution >= 0.6 is 11.6 Å². The Labute approximate surface area is 107 Å². The average molecular weight is 261 g/mol. The molecule has 0 amide bonds. The van der Waals surface area contributed by atoms with Crippen molar-refractivity contribution in [3.63, 3.8) is 0 Å². The zero-order chi connectivity index (χ0) is 12.7. The molecule has 18 heavy (non-hydrogen) atoms. The SMILES string of the molecule is Cn1c(=O)n(-c2cnccn2)c2cc(Cl)ccc21. The third kappa shape index (κ3) is 1.52. The third-order valence-corrected chi connectivity index (χ3v) is 3.03. The molecule has 0 radical (unpaired) electrons. The number of imidazole rings is 1. The zero-order valence-electron chi connectivity index (χ0n) is 9.54. The number of hydrogen-bond donors (Lipinski definition) is 0. The van der Waals surface area contributed by atoms with Crippen LogP contribution < -0.4 is 5.69 Å². The Morgan fingerprint density at radius 2 is 2.06 bits per heavy atom. The van der Waals surface area contributed by atoms with Crippen molar-refractivity contribution in [2.75, 3.05) is 0 Å². The minimum Gasteiger partial charge on any atom is -0.295 e. The van der Waals surface area contributed by atoms with E-state index in [1.54, 1.807) is 42.3 Å². The zero-order valence-corrected chi connectivity index (χ0v) is 10.3. The summed E-state index contributed by atoms with van der Waals surface area (Å²) in [5.74, 6) is 0.482. The highest BCUT2D eigenvalue weighted by Gasteiger charge is 2.13. The average Bonchev–Trinajstić information content (AvgIpc) is 2.63. The van der Waals surface area contributed by atoms with Gasteiger partial charge in [0.05, 0.1) is 17.2 Å². The topological polar surface area (TPSA) is 52.7 Å². The van der Waals surface area contributed by atoms with Crippen molar-refractivity contribution in [1.82, 2.24) is 19.1 Å². The fourth-order valence-electron chi connectivity index (χ4n) is 1.94. The van der Waals surface area contributed by atoms with Gasteiger partial charge in [0, 0.05) is 24.5 Å². The number of hydrogen-bond acceptors (Lipinski definition) is 3. The van der Waals surface area contributed by atoms with Crippen LogP contribution in [0.15, 0.2) is 41.6 Å². The van der Waals surface area contributed by atoms with Gasteiger partial charge in [-0.2, -0.15) is 0 Å². The summed E-state index contributed by atoms with van der Waals surface area (Å²) in [5, 5.41) is 0.575. The number of aromatic nitrogens is 4. The van der Waals surface area contributed by atoms with Gasteiger partial charge in [-0.25, -0.2) is 14.3 Å². The molecule has 0 atom stereocenters. The van der Waals surface area contributed by atoms with Gasteiger partial charge in [0.25, 0.3) is 0 Å². The molecule has 0 N–H and O–H groups in total. The highest BCUT2D eigenvalue weighted by molar-refractivity contribution is 6.31. The van der Waals surface area contributed by atoms with E-state index in [9.17, 15) is 4.79 Å². The number of nitrogens with zero attached hydrogens (tertiary/aromatic N) is 4. The number of fused-ring (bicyclic) bond motifs is 1. The Kier molecular flexibility index (Phi) is 2.41. The highest BCUT2D eigenvalue weighted by Crippen LogP contribution is 2.19. The molecule has 90 valence electrons. The van der Waals surface area contributed by atoms with Crippen molar-refractivity contribution in [3.05, 3.63) is 52.3 Å². The highest BCUT2D eigenvalue weighted by atomic mass is 35.5. The third-order valence-electron chi connectivity index (χ3n) is 2.80. The van der Waals surface area contributed by atoms with E-state index < -0.39 is 0 Å². The van der Waals surface area contributed by atoms with Crippen LogP contribution in [0.25, 0.3) is 16.9 Å². The summed E-state index contributed by atoms with van der Waals surface area (Å²) in [6.07, 6.45) is 4.65. The van der Waals surface area contributed by atoms with Crippen molar-refractivity contribution in [3.8, 4) is 5.82 Å². The maximum absolute atomic E-state index is 12.2. The van der Waals surface area contributed by atoms with Crippen LogP contribution in [0.3, 0.4) is 0 Å². The summed E-state index contributed by atoms with van der Waals surface area (Å²) >= 11 is 5.98. The van der Waals surface area contributed by atoms with Gasteiger partial charge in [-0.1, -0.05) is 11.6 Å². The second-order valence-corrected chi connectivity index (χ2v) is 4.31. The molecule has 3 rings (SSSR count). The summed E-state index contributed by atoms with van der Waals surface area (Å²) in [6, 6.07) is 5.31. The van der Waals surface area contributed by atoms with E-state index in [1.807, 2.05) is 6.07 Å². The van der Waals surface area contributed by atoms with Crippen molar-refractivity contribution in [2.24, 2.45) is 7.05 Å². The molecule has 0 aliphatic rings. The lowest BCUT2D eigenvalue weighted by Crippen LogP contribution is -2.21. The van der Waals surface area contributed by atoms with Crippen LogP contribution in [0.5, 0.6) is 0 Å². The first kappa shape index (κ1) is 11.0. The van der Waals surface area contributed by atoms with Crippen LogP contribution in [0.4, 0.5) is 0 Å². The monoisotopic (exact) mass is 260 g/mol. The fraction of sp³-hybridized carbons (Fsp3) is 0.0833. The van der Waals surface area contributed by atoms with Gasteiger partial charge in [-0.15, -0.1) is 0 Å². The molecule has 0 fully saturated rings. The van der Waals surface area contributed by atoms with E-state index in [0.717, 1.165) is 11.0 Å². The lowest BCUT2D eigenvalue weighted by Gasteiger charge is -2.00. The lowest BCUT2D eigenvalue weighted by molar-refractivity contribution is 0.830. The Morgan fingerprint density at radius 1 is 1.22 bits per heavy atom. The Bertz CT molecular complexity index is 776. The van der Waals surface area contributed by atoms with Gasteiger partial charge in [0.15, 0.2) is 5.82 Å². The normalized spacial score (nSPS) is 11.0. The van der Waals surface area contributed by atoms with Gasteiger partial charge in [0.2, 0.25) is 0 Å². The minimum absolute atomic E-state index is 0.173. The van der Waals surface area contributed by atoms with E-state index in [4.69, 9.17) is 11.6 Å². The largest absolute Gasteiger partial charge is 0.334 e. The quantitative estimate of drug-likeness (QED) is 0.670. The Balaban J connectivity index is 2.46. The maximum Gasteiger partial charge on any atom is 0.334 e. The first-order chi connectivity index (χ1) is 8.68. The van der Waals surface area contributed by atoms with Gasteiger partial charge in [-0.3, -0.25) is 9.55 Å². The molecule has 0 saturated heterocycles. The summed E-state index contributed by atoms with van der Waals surface area (Å²) in [4.78, 5) is 20.3. The fourth-order valence-corrected chi connectivity index (χ4v) is 2.11. The lowest BCUT2D eigenvalue weighted by atomic mass is 10.3. The standard InChI is InChI=1S/C12H9ClN4O/c1-16-9-3-2-8(13)6-10(9)17(12(16)18)11-7-14-4-5-15-11/h2-7H,1H3. The van der Waals surface area contributed by atoms with Gasteiger partial charge in [-0.05, 0) is 18.2 Å². The van der Waals surface area contributed by atoms with E-state index >= 15 is 0 Å². The molecule has 3 aromatic rings. The first-order valence-corrected chi connectivity index (χ1v) is 5.69. The van der Waals surface area contributed by atoms with Gasteiger partial charge >= 0.3 is 5.69 Å². The maximum atomic E-state index is 12.2. The summed E-state index contributed by atoms with van der Waals surface area (Å²) < 4.78 is 3.05. The molecule has 0 saturated carbocycles. The molecular weight excluding hydrogens is 252 g/mol. The van der Waals surface area contributed by atoms with Crippen molar-refractivity contribution in [1.29, 1.82) is 0 Å². The van der Waals surface area contributed by atoms with Crippen LogP contribution in [-0.2, 0) is 7.05 Å². The number of benzene rings is 1. The molecule has 2 aromatic heterocycles. The van der Waals surface area contributed by atoms with Crippen molar-refractivity contribution >= 4 is 22.6 Å². The second-order valence-electron chi connectivity index (χ2n) is 3.87. The molecule has 0 aliphatic carbocycles. The molecule has 1 aromatic carbocycles. The summed E-state index contributed by atoms with van der Waals surface area (Å²) in [5.41, 5.74) is 1.35. The van der Waals surface area contributed by atoms with Crippen LogP contribution in [0, 0.1) is 0 Å². The number of halogens is 1. The van der Waals surface area contributed by atoms with E-state index in [-0.39, 0.29) is 5.69 Å². The molecule has 0 bridgehead atoms. The molecule has 0 aliphatic heterocycles. The van der Waals surface area contributed by atoms with Gasteiger partial charge in [0.1, 0.15) is 0 Å². The van der Waals surface area contributed by atoms with E-state index in [2.05, 4.69) is 9.97 Å². The van der Waals surface area contributed by atoms with Crippen LogP contribution in [0.2, 0.25) is 5.02 Å². The van der Waals surface area contributed by atoms with Crippen LogP contribution in [0.1, 0.15) is 0 Å².